The van der Waals surface area contributed by atoms with E-state index in [0.717, 1.165) is 5.56 Å². The second-order valence-electron chi connectivity index (χ2n) is 3.94. The molecule has 0 saturated heterocycles. The number of primary sulfonamides is 1. The molecule has 106 valence electrons. The van der Waals surface area contributed by atoms with Gasteiger partial charge in [0.15, 0.2) is 5.13 Å². The number of hydrogen-bond acceptors (Lipinski definition) is 6. The third-order valence-corrected chi connectivity index (χ3v) is 4.06. The van der Waals surface area contributed by atoms with Gasteiger partial charge in [-0.05, 0) is 17.7 Å². The van der Waals surface area contributed by atoms with Crippen LogP contribution in [0.4, 0.5) is 5.13 Å². The molecule has 1 aromatic carbocycles. The Morgan fingerprint density at radius 2 is 1.95 bits per heavy atom. The van der Waals surface area contributed by atoms with Crippen LogP contribution in [-0.4, -0.2) is 19.3 Å². The molecule has 0 fully saturated rings. The van der Waals surface area contributed by atoms with Crippen LogP contribution in [-0.2, 0) is 16.6 Å². The molecule has 1 aromatic heterocycles. The van der Waals surface area contributed by atoms with Crippen molar-refractivity contribution < 1.29 is 13.2 Å². The van der Waals surface area contributed by atoms with Gasteiger partial charge in [-0.25, -0.2) is 18.5 Å². The van der Waals surface area contributed by atoms with Gasteiger partial charge in [0.2, 0.25) is 10.0 Å². The Balaban J connectivity index is 1.99. The SMILES string of the molecule is Nc1nc(C(=O)NCc2ccc(S(N)(=O)=O)cc2)cs1. The number of amides is 1. The summed E-state index contributed by atoms with van der Waals surface area (Å²) in [5, 5.41) is 9.54. The summed E-state index contributed by atoms with van der Waals surface area (Å²) >= 11 is 1.18. The van der Waals surface area contributed by atoms with Gasteiger partial charge in [0.25, 0.3) is 5.91 Å². The van der Waals surface area contributed by atoms with E-state index in [4.69, 9.17) is 10.9 Å². The summed E-state index contributed by atoms with van der Waals surface area (Å²) in [7, 11) is -3.70. The van der Waals surface area contributed by atoms with Crippen LogP contribution in [0.1, 0.15) is 16.1 Å². The highest BCUT2D eigenvalue weighted by Crippen LogP contribution is 2.11. The molecule has 1 amide bonds. The zero-order chi connectivity index (χ0) is 14.8. The van der Waals surface area contributed by atoms with Crippen molar-refractivity contribution in [1.82, 2.24) is 10.3 Å². The van der Waals surface area contributed by atoms with E-state index in [1.54, 1.807) is 17.5 Å². The van der Waals surface area contributed by atoms with E-state index in [-0.39, 0.29) is 23.0 Å². The highest BCUT2D eigenvalue weighted by molar-refractivity contribution is 7.89. The molecule has 0 aliphatic carbocycles. The van der Waals surface area contributed by atoms with Gasteiger partial charge in [0.1, 0.15) is 5.69 Å². The number of hydrogen-bond donors (Lipinski definition) is 3. The van der Waals surface area contributed by atoms with Crippen molar-refractivity contribution in [3.05, 3.63) is 40.9 Å². The lowest BCUT2D eigenvalue weighted by atomic mass is 10.2. The topological polar surface area (TPSA) is 128 Å². The number of sulfonamides is 1. The van der Waals surface area contributed by atoms with Gasteiger partial charge in [-0.3, -0.25) is 4.79 Å². The van der Waals surface area contributed by atoms with Crippen LogP contribution in [0.25, 0.3) is 0 Å². The van der Waals surface area contributed by atoms with Gasteiger partial charge < -0.3 is 11.1 Å². The maximum atomic E-state index is 11.7. The second kappa shape index (κ2) is 5.57. The van der Waals surface area contributed by atoms with Gasteiger partial charge in [-0.2, -0.15) is 0 Å². The molecule has 0 spiro atoms. The van der Waals surface area contributed by atoms with Crippen molar-refractivity contribution in [2.75, 3.05) is 5.73 Å². The first-order valence-electron chi connectivity index (χ1n) is 5.47. The van der Waals surface area contributed by atoms with Gasteiger partial charge >= 0.3 is 0 Å². The maximum Gasteiger partial charge on any atom is 0.271 e. The van der Waals surface area contributed by atoms with Gasteiger partial charge in [-0.1, -0.05) is 12.1 Å². The average molecular weight is 312 g/mol. The normalized spacial score (nSPS) is 11.2. The average Bonchev–Trinajstić information content (AvgIpc) is 2.82. The quantitative estimate of drug-likeness (QED) is 0.748. The first kappa shape index (κ1) is 14.4. The van der Waals surface area contributed by atoms with Crippen molar-refractivity contribution in [2.45, 2.75) is 11.4 Å². The van der Waals surface area contributed by atoms with Crippen LogP contribution in [0.15, 0.2) is 34.5 Å². The van der Waals surface area contributed by atoms with E-state index in [1.807, 2.05) is 0 Å². The van der Waals surface area contributed by atoms with Crippen LogP contribution in [0.2, 0.25) is 0 Å². The molecule has 0 aliphatic rings. The number of nitrogens with one attached hydrogen (secondary N) is 1. The molecule has 20 heavy (non-hydrogen) atoms. The molecule has 0 saturated carbocycles. The van der Waals surface area contributed by atoms with Gasteiger partial charge in [0, 0.05) is 11.9 Å². The molecular weight excluding hydrogens is 300 g/mol. The monoisotopic (exact) mass is 312 g/mol. The van der Waals surface area contributed by atoms with Crippen LogP contribution in [0, 0.1) is 0 Å². The minimum absolute atomic E-state index is 0.0276. The van der Waals surface area contributed by atoms with Crippen LogP contribution in [0.3, 0.4) is 0 Å². The molecular formula is C11H12N4O3S2. The maximum absolute atomic E-state index is 11.7. The Labute approximate surface area is 119 Å². The van der Waals surface area contributed by atoms with E-state index >= 15 is 0 Å². The molecule has 5 N–H and O–H groups in total. The summed E-state index contributed by atoms with van der Waals surface area (Å²) in [4.78, 5) is 15.6. The highest BCUT2D eigenvalue weighted by Gasteiger charge is 2.10. The summed E-state index contributed by atoms with van der Waals surface area (Å²) < 4.78 is 22.2. The van der Waals surface area contributed by atoms with Crippen LogP contribution >= 0.6 is 11.3 Å². The molecule has 0 bridgehead atoms. The van der Waals surface area contributed by atoms with Gasteiger partial charge in [0.05, 0.1) is 4.90 Å². The lowest BCUT2D eigenvalue weighted by Gasteiger charge is -2.04. The smallest absolute Gasteiger partial charge is 0.271 e. The number of rotatable bonds is 4. The summed E-state index contributed by atoms with van der Waals surface area (Å²) in [5.74, 6) is -0.339. The molecule has 1 heterocycles. The fourth-order valence-corrected chi connectivity index (χ4v) is 2.52. The van der Waals surface area contributed by atoms with E-state index in [0.29, 0.717) is 5.13 Å². The fourth-order valence-electron chi connectivity index (χ4n) is 1.46. The zero-order valence-electron chi connectivity index (χ0n) is 10.2. The third-order valence-electron chi connectivity index (χ3n) is 2.46. The van der Waals surface area contributed by atoms with Crippen molar-refractivity contribution in [3.63, 3.8) is 0 Å². The number of nitrogen functional groups attached to an aromatic ring is 1. The summed E-state index contributed by atoms with van der Waals surface area (Å²) in [6.07, 6.45) is 0. The van der Waals surface area contributed by atoms with Crippen LogP contribution < -0.4 is 16.2 Å². The Morgan fingerprint density at radius 1 is 1.30 bits per heavy atom. The number of carbonyl (C=O) groups excluding carboxylic acids is 1. The lowest BCUT2D eigenvalue weighted by Crippen LogP contribution is -2.23. The standard InChI is InChI=1S/C11H12N4O3S2/c12-11-15-9(6-19-11)10(16)14-5-7-1-3-8(4-2-7)20(13,17)18/h1-4,6H,5H2,(H2,12,15)(H,14,16)(H2,13,17,18). The van der Waals surface area contributed by atoms with Crippen molar-refractivity contribution in [2.24, 2.45) is 5.14 Å². The summed E-state index contributed by atoms with van der Waals surface area (Å²) in [6.45, 7) is 0.251. The van der Waals surface area contributed by atoms with E-state index in [9.17, 15) is 13.2 Å². The van der Waals surface area contributed by atoms with Gasteiger partial charge in [-0.15, -0.1) is 11.3 Å². The molecule has 0 radical (unpaired) electrons. The molecule has 0 atom stereocenters. The molecule has 0 unspecified atom stereocenters. The van der Waals surface area contributed by atoms with Crippen molar-refractivity contribution in [1.29, 1.82) is 0 Å². The molecule has 7 nitrogen and oxygen atoms in total. The molecule has 2 aromatic rings. The molecule has 9 heteroatoms. The summed E-state index contributed by atoms with van der Waals surface area (Å²) in [5.41, 5.74) is 6.44. The lowest BCUT2D eigenvalue weighted by molar-refractivity contribution is 0.0946. The van der Waals surface area contributed by atoms with Crippen LogP contribution in [0.5, 0.6) is 0 Å². The zero-order valence-corrected chi connectivity index (χ0v) is 11.9. The Kier molecular flexibility index (Phi) is 4.02. The molecule has 0 aliphatic heterocycles. The largest absolute Gasteiger partial charge is 0.375 e. The second-order valence-corrected chi connectivity index (χ2v) is 6.39. The predicted molar refractivity (Wildman–Crippen MR) is 75.5 cm³/mol. The first-order valence-corrected chi connectivity index (χ1v) is 7.90. The number of aromatic nitrogens is 1. The number of thiazole rings is 1. The number of carbonyl (C=O) groups is 1. The Bertz CT molecular complexity index is 722. The first-order chi connectivity index (χ1) is 9.36. The Hall–Kier alpha value is -1.97. The minimum atomic E-state index is -3.70. The Morgan fingerprint density at radius 3 is 2.45 bits per heavy atom. The van der Waals surface area contributed by atoms with Crippen molar-refractivity contribution in [3.8, 4) is 0 Å². The number of nitrogens with zero attached hydrogens (tertiary/aromatic N) is 1. The number of nitrogens with two attached hydrogens (primary N) is 2. The van der Waals surface area contributed by atoms with E-state index < -0.39 is 10.0 Å². The minimum Gasteiger partial charge on any atom is -0.375 e. The van der Waals surface area contributed by atoms with E-state index in [1.165, 1.54) is 23.5 Å². The predicted octanol–water partition coefficient (Wildman–Crippen LogP) is 0.303. The van der Waals surface area contributed by atoms with Crippen molar-refractivity contribution >= 4 is 32.4 Å². The number of anilines is 1. The van der Waals surface area contributed by atoms with E-state index in [2.05, 4.69) is 10.3 Å². The third kappa shape index (κ3) is 3.53. The highest BCUT2D eigenvalue weighted by atomic mass is 32.2. The fraction of sp³-hybridized carbons (Fsp3) is 0.0909. The molecule has 2 rings (SSSR count). The summed E-state index contributed by atoms with van der Waals surface area (Å²) in [6, 6.07) is 5.93. The number of benzene rings is 1.